The lowest BCUT2D eigenvalue weighted by molar-refractivity contribution is 0.103. The van der Waals surface area contributed by atoms with E-state index in [2.05, 4.69) is 24.5 Å². The zero-order valence-corrected chi connectivity index (χ0v) is 12.9. The number of hydrogen-bond donors (Lipinski definition) is 1. The fourth-order valence-corrected chi connectivity index (χ4v) is 2.59. The number of rotatable bonds is 7. The van der Waals surface area contributed by atoms with Gasteiger partial charge < -0.3 is 10.3 Å². The SMILES string of the molecule is CCCCn1c(CCC)ccc1C(=O)c1cccc(N)c1. The van der Waals surface area contributed by atoms with Gasteiger partial charge in [0.25, 0.3) is 0 Å². The Morgan fingerprint density at radius 3 is 2.62 bits per heavy atom. The molecule has 21 heavy (non-hydrogen) atoms. The van der Waals surface area contributed by atoms with Gasteiger partial charge in [0, 0.05) is 23.5 Å². The standard InChI is InChI=1S/C18H24N2O/c1-3-5-12-20-16(7-4-2)10-11-17(20)18(21)14-8-6-9-15(19)13-14/h6,8-11,13H,3-5,7,12,19H2,1-2H3. The van der Waals surface area contributed by atoms with Gasteiger partial charge in [-0.25, -0.2) is 0 Å². The van der Waals surface area contributed by atoms with Crippen LogP contribution in [0.5, 0.6) is 0 Å². The molecule has 0 saturated carbocycles. The molecule has 0 amide bonds. The number of nitrogens with two attached hydrogens (primary N) is 1. The van der Waals surface area contributed by atoms with Crippen molar-refractivity contribution in [2.75, 3.05) is 5.73 Å². The molecule has 3 nitrogen and oxygen atoms in total. The molecule has 1 heterocycles. The van der Waals surface area contributed by atoms with Crippen LogP contribution in [-0.2, 0) is 13.0 Å². The van der Waals surface area contributed by atoms with E-state index in [0.717, 1.165) is 37.9 Å². The fourth-order valence-electron chi connectivity index (χ4n) is 2.59. The summed E-state index contributed by atoms with van der Waals surface area (Å²) in [7, 11) is 0. The third-order valence-electron chi connectivity index (χ3n) is 3.69. The van der Waals surface area contributed by atoms with Gasteiger partial charge in [0.2, 0.25) is 5.78 Å². The molecule has 2 N–H and O–H groups in total. The summed E-state index contributed by atoms with van der Waals surface area (Å²) in [6.07, 6.45) is 4.30. The van der Waals surface area contributed by atoms with Crippen molar-refractivity contribution in [2.45, 2.75) is 46.1 Å². The number of carbonyl (C=O) groups excluding carboxylic acids is 1. The molecule has 0 fully saturated rings. The van der Waals surface area contributed by atoms with Crippen LogP contribution in [0.1, 0.15) is 54.9 Å². The first-order chi connectivity index (χ1) is 10.2. The third-order valence-corrected chi connectivity index (χ3v) is 3.69. The Bertz CT molecular complexity index is 613. The molecule has 0 spiro atoms. The van der Waals surface area contributed by atoms with Gasteiger partial charge >= 0.3 is 0 Å². The predicted octanol–water partition coefficient (Wildman–Crippen LogP) is 4.05. The average molecular weight is 284 g/mol. The molecule has 0 saturated heterocycles. The lowest BCUT2D eigenvalue weighted by Crippen LogP contribution is -2.13. The Kier molecular flexibility index (Phi) is 5.20. The van der Waals surface area contributed by atoms with Crippen LogP contribution in [0.25, 0.3) is 0 Å². The summed E-state index contributed by atoms with van der Waals surface area (Å²) in [5.41, 5.74) is 9.10. The van der Waals surface area contributed by atoms with E-state index >= 15 is 0 Å². The number of ketones is 1. The van der Waals surface area contributed by atoms with E-state index in [1.54, 1.807) is 12.1 Å². The minimum atomic E-state index is 0.0563. The van der Waals surface area contributed by atoms with Crippen LogP contribution in [0.15, 0.2) is 36.4 Å². The Balaban J connectivity index is 2.35. The van der Waals surface area contributed by atoms with E-state index in [1.807, 2.05) is 18.2 Å². The molecule has 2 rings (SSSR count). The second-order valence-corrected chi connectivity index (χ2v) is 5.42. The Labute approximate surface area is 126 Å². The summed E-state index contributed by atoms with van der Waals surface area (Å²) >= 11 is 0. The molecule has 3 heteroatoms. The molecule has 0 aliphatic carbocycles. The number of aromatic nitrogens is 1. The number of nitrogens with zero attached hydrogens (tertiary/aromatic N) is 1. The molecule has 1 aromatic heterocycles. The smallest absolute Gasteiger partial charge is 0.209 e. The monoisotopic (exact) mass is 284 g/mol. The van der Waals surface area contributed by atoms with Crippen molar-refractivity contribution < 1.29 is 4.79 Å². The summed E-state index contributed by atoms with van der Waals surface area (Å²) in [5, 5.41) is 0. The molecule has 0 aliphatic rings. The van der Waals surface area contributed by atoms with Crippen LogP contribution >= 0.6 is 0 Å². The highest BCUT2D eigenvalue weighted by atomic mass is 16.1. The molecular formula is C18H24N2O. The van der Waals surface area contributed by atoms with Crippen LogP contribution in [0.3, 0.4) is 0 Å². The maximum Gasteiger partial charge on any atom is 0.209 e. The summed E-state index contributed by atoms with van der Waals surface area (Å²) in [6.45, 7) is 5.24. The van der Waals surface area contributed by atoms with Gasteiger partial charge in [-0.1, -0.05) is 38.8 Å². The van der Waals surface area contributed by atoms with Crippen LogP contribution in [0.2, 0.25) is 0 Å². The van der Waals surface area contributed by atoms with Gasteiger partial charge in [0.1, 0.15) is 0 Å². The molecule has 0 radical (unpaired) electrons. The number of anilines is 1. The predicted molar refractivity (Wildman–Crippen MR) is 87.6 cm³/mol. The first-order valence-electron chi connectivity index (χ1n) is 7.76. The number of benzene rings is 1. The summed E-state index contributed by atoms with van der Waals surface area (Å²) < 4.78 is 2.18. The first-order valence-corrected chi connectivity index (χ1v) is 7.76. The molecule has 0 bridgehead atoms. The molecule has 2 aromatic rings. The highest BCUT2D eigenvalue weighted by Crippen LogP contribution is 2.18. The molecule has 0 atom stereocenters. The number of unbranched alkanes of at least 4 members (excludes halogenated alkanes) is 1. The van der Waals surface area contributed by atoms with E-state index in [4.69, 9.17) is 5.73 Å². The maximum absolute atomic E-state index is 12.7. The van der Waals surface area contributed by atoms with Crippen LogP contribution in [-0.4, -0.2) is 10.4 Å². The molecule has 0 unspecified atom stereocenters. The van der Waals surface area contributed by atoms with Crippen molar-refractivity contribution in [2.24, 2.45) is 0 Å². The largest absolute Gasteiger partial charge is 0.399 e. The second kappa shape index (κ2) is 7.11. The molecule has 0 aliphatic heterocycles. The van der Waals surface area contributed by atoms with E-state index in [9.17, 15) is 4.79 Å². The minimum absolute atomic E-state index is 0.0563. The van der Waals surface area contributed by atoms with Crippen molar-refractivity contribution >= 4 is 11.5 Å². The lowest BCUT2D eigenvalue weighted by atomic mass is 10.1. The summed E-state index contributed by atoms with van der Waals surface area (Å²) in [4.78, 5) is 12.7. The summed E-state index contributed by atoms with van der Waals surface area (Å²) in [5.74, 6) is 0.0563. The van der Waals surface area contributed by atoms with Crippen molar-refractivity contribution in [1.29, 1.82) is 0 Å². The van der Waals surface area contributed by atoms with Gasteiger partial charge in [-0.05, 0) is 37.1 Å². The van der Waals surface area contributed by atoms with E-state index < -0.39 is 0 Å². The number of carbonyl (C=O) groups is 1. The highest BCUT2D eigenvalue weighted by Gasteiger charge is 2.16. The molecule has 1 aromatic carbocycles. The van der Waals surface area contributed by atoms with Gasteiger partial charge in [0.15, 0.2) is 0 Å². The van der Waals surface area contributed by atoms with Crippen molar-refractivity contribution in [3.8, 4) is 0 Å². The van der Waals surface area contributed by atoms with E-state index in [1.165, 1.54) is 5.69 Å². The van der Waals surface area contributed by atoms with Gasteiger partial charge in [-0.2, -0.15) is 0 Å². The number of nitrogen functional groups attached to an aromatic ring is 1. The lowest BCUT2D eigenvalue weighted by Gasteiger charge is -2.12. The van der Waals surface area contributed by atoms with Crippen LogP contribution in [0.4, 0.5) is 5.69 Å². The Morgan fingerprint density at radius 2 is 1.95 bits per heavy atom. The topological polar surface area (TPSA) is 48.0 Å². The quantitative estimate of drug-likeness (QED) is 0.616. The Morgan fingerprint density at radius 1 is 1.14 bits per heavy atom. The zero-order chi connectivity index (χ0) is 15.2. The van der Waals surface area contributed by atoms with E-state index in [-0.39, 0.29) is 5.78 Å². The Hall–Kier alpha value is -2.03. The average Bonchev–Trinajstić information content (AvgIpc) is 2.87. The van der Waals surface area contributed by atoms with Crippen molar-refractivity contribution in [3.05, 3.63) is 53.3 Å². The first kappa shape index (κ1) is 15.4. The van der Waals surface area contributed by atoms with Crippen LogP contribution in [0, 0.1) is 0 Å². The van der Waals surface area contributed by atoms with Crippen molar-refractivity contribution in [3.63, 3.8) is 0 Å². The minimum Gasteiger partial charge on any atom is -0.399 e. The molecular weight excluding hydrogens is 260 g/mol. The van der Waals surface area contributed by atoms with E-state index in [0.29, 0.717) is 11.3 Å². The van der Waals surface area contributed by atoms with Crippen molar-refractivity contribution in [1.82, 2.24) is 4.57 Å². The second-order valence-electron chi connectivity index (χ2n) is 5.42. The third kappa shape index (κ3) is 3.54. The van der Waals surface area contributed by atoms with Gasteiger partial charge in [-0.15, -0.1) is 0 Å². The summed E-state index contributed by atoms with van der Waals surface area (Å²) in [6, 6.07) is 11.2. The van der Waals surface area contributed by atoms with Crippen LogP contribution < -0.4 is 5.73 Å². The molecule has 112 valence electrons. The van der Waals surface area contributed by atoms with Gasteiger partial charge in [0.05, 0.1) is 5.69 Å². The number of aryl methyl sites for hydroxylation is 1. The van der Waals surface area contributed by atoms with Gasteiger partial charge in [-0.3, -0.25) is 4.79 Å². The highest BCUT2D eigenvalue weighted by molar-refractivity contribution is 6.08. The normalized spacial score (nSPS) is 10.8. The maximum atomic E-state index is 12.7. The fraction of sp³-hybridized carbons (Fsp3) is 0.389. The zero-order valence-electron chi connectivity index (χ0n) is 12.9. The number of hydrogen-bond acceptors (Lipinski definition) is 2.